The molecule has 1 aliphatic rings. The van der Waals surface area contributed by atoms with Crippen molar-refractivity contribution in [1.82, 2.24) is 10.3 Å². The van der Waals surface area contributed by atoms with Gasteiger partial charge in [0.2, 0.25) is 5.91 Å². The minimum absolute atomic E-state index is 0.0441. The Balaban J connectivity index is 1.46. The summed E-state index contributed by atoms with van der Waals surface area (Å²) in [6.07, 6.45) is -2.57. The van der Waals surface area contributed by atoms with Crippen molar-refractivity contribution in [2.45, 2.75) is 25.6 Å². The van der Waals surface area contributed by atoms with E-state index in [1.54, 1.807) is 7.11 Å². The fourth-order valence-electron chi connectivity index (χ4n) is 3.45. The van der Waals surface area contributed by atoms with Gasteiger partial charge in [0, 0.05) is 38.9 Å². The Morgan fingerprint density at radius 1 is 1.22 bits per heavy atom. The first-order valence-electron chi connectivity index (χ1n) is 10.2. The molecule has 6 nitrogen and oxygen atoms in total. The van der Waals surface area contributed by atoms with Gasteiger partial charge in [-0.05, 0) is 36.6 Å². The zero-order valence-corrected chi connectivity index (χ0v) is 18.4. The minimum atomic E-state index is -4.49. The standard InChI is InChI=1S/C22H25ClF3N3O3/c1-31-10-11-32-18-4-2-15(3-5-18)13-28-21(30)16-6-8-29(9-7-16)20-19(23)12-17(14-27-20)22(24,25)26/h2-5,12,14,16H,6-11,13H2,1H3,(H,28,30). The number of hydrogen-bond donors (Lipinski definition) is 1. The highest BCUT2D eigenvalue weighted by molar-refractivity contribution is 6.33. The normalized spacial score (nSPS) is 15.0. The average Bonchev–Trinajstić information content (AvgIpc) is 2.78. The number of anilines is 1. The molecule has 0 spiro atoms. The molecule has 10 heteroatoms. The van der Waals surface area contributed by atoms with Crippen molar-refractivity contribution < 1.29 is 27.4 Å². The lowest BCUT2D eigenvalue weighted by molar-refractivity contribution is -0.137. The van der Waals surface area contributed by atoms with E-state index in [1.807, 2.05) is 29.2 Å². The zero-order chi connectivity index (χ0) is 23.1. The average molecular weight is 472 g/mol. The summed E-state index contributed by atoms with van der Waals surface area (Å²) in [5, 5.41) is 2.90. The fourth-order valence-corrected chi connectivity index (χ4v) is 3.74. The van der Waals surface area contributed by atoms with E-state index < -0.39 is 11.7 Å². The number of rotatable bonds is 8. The van der Waals surface area contributed by atoms with Crippen LogP contribution in [0.3, 0.4) is 0 Å². The maximum atomic E-state index is 12.8. The van der Waals surface area contributed by atoms with Crippen molar-refractivity contribution in [3.05, 3.63) is 52.7 Å². The van der Waals surface area contributed by atoms with Crippen LogP contribution >= 0.6 is 11.6 Å². The van der Waals surface area contributed by atoms with Gasteiger partial charge in [-0.2, -0.15) is 13.2 Å². The Bertz CT molecular complexity index is 902. The van der Waals surface area contributed by atoms with Crippen LogP contribution in [0.2, 0.25) is 5.02 Å². The SMILES string of the molecule is COCCOc1ccc(CNC(=O)C2CCN(c3ncc(C(F)(F)F)cc3Cl)CC2)cc1. The molecule has 32 heavy (non-hydrogen) atoms. The van der Waals surface area contributed by atoms with E-state index in [-0.39, 0.29) is 16.8 Å². The predicted octanol–water partition coefficient (Wildman–Crippen LogP) is 4.31. The number of nitrogens with zero attached hydrogens (tertiary/aromatic N) is 2. The number of alkyl halides is 3. The fraction of sp³-hybridized carbons (Fsp3) is 0.455. The summed E-state index contributed by atoms with van der Waals surface area (Å²) in [4.78, 5) is 18.3. The lowest BCUT2D eigenvalue weighted by Crippen LogP contribution is -2.40. The predicted molar refractivity (Wildman–Crippen MR) is 115 cm³/mol. The molecule has 1 saturated heterocycles. The van der Waals surface area contributed by atoms with Crippen LogP contribution in [-0.4, -0.2) is 44.3 Å². The van der Waals surface area contributed by atoms with Gasteiger partial charge in [0.25, 0.3) is 0 Å². The molecule has 1 amide bonds. The lowest BCUT2D eigenvalue weighted by atomic mass is 9.95. The van der Waals surface area contributed by atoms with Crippen molar-refractivity contribution in [2.75, 3.05) is 38.3 Å². The first kappa shape index (κ1) is 24.1. The summed E-state index contributed by atoms with van der Waals surface area (Å²) in [6, 6.07) is 8.36. The summed E-state index contributed by atoms with van der Waals surface area (Å²) in [5.41, 5.74) is 0.0747. The molecule has 1 aromatic carbocycles. The van der Waals surface area contributed by atoms with Crippen molar-refractivity contribution in [1.29, 1.82) is 0 Å². The Morgan fingerprint density at radius 2 is 1.91 bits per heavy atom. The third-order valence-electron chi connectivity index (χ3n) is 5.26. The highest BCUT2D eigenvalue weighted by atomic mass is 35.5. The molecule has 174 valence electrons. The summed E-state index contributed by atoms with van der Waals surface area (Å²) in [7, 11) is 1.61. The first-order valence-corrected chi connectivity index (χ1v) is 10.6. The lowest BCUT2D eigenvalue weighted by Gasteiger charge is -2.32. The minimum Gasteiger partial charge on any atom is -0.491 e. The maximum absolute atomic E-state index is 12.8. The van der Waals surface area contributed by atoms with Crippen LogP contribution in [0.1, 0.15) is 24.0 Å². The number of aromatic nitrogens is 1. The molecule has 0 aliphatic carbocycles. The highest BCUT2D eigenvalue weighted by Crippen LogP contribution is 2.34. The molecule has 3 rings (SSSR count). The third kappa shape index (κ3) is 6.49. The second kappa shape index (κ2) is 10.9. The first-order chi connectivity index (χ1) is 15.3. The molecule has 2 heterocycles. The van der Waals surface area contributed by atoms with Gasteiger partial charge in [0.15, 0.2) is 0 Å². The topological polar surface area (TPSA) is 63.7 Å². The van der Waals surface area contributed by atoms with Gasteiger partial charge in [0.05, 0.1) is 17.2 Å². The van der Waals surface area contributed by atoms with E-state index in [1.165, 1.54) is 0 Å². The number of carbonyl (C=O) groups excluding carboxylic acids is 1. The van der Waals surface area contributed by atoms with Gasteiger partial charge < -0.3 is 19.7 Å². The largest absolute Gasteiger partial charge is 0.491 e. The van der Waals surface area contributed by atoms with Crippen molar-refractivity contribution in [3.63, 3.8) is 0 Å². The zero-order valence-electron chi connectivity index (χ0n) is 17.6. The summed E-state index contributed by atoms with van der Waals surface area (Å²) in [6.45, 7) is 2.37. The van der Waals surface area contributed by atoms with Gasteiger partial charge in [-0.3, -0.25) is 4.79 Å². The van der Waals surface area contributed by atoms with Gasteiger partial charge in [-0.1, -0.05) is 23.7 Å². The number of benzene rings is 1. The van der Waals surface area contributed by atoms with Crippen molar-refractivity contribution >= 4 is 23.3 Å². The van der Waals surface area contributed by atoms with Crippen LogP contribution in [0, 0.1) is 5.92 Å². The van der Waals surface area contributed by atoms with Crippen molar-refractivity contribution in [3.8, 4) is 5.75 Å². The Kier molecular flexibility index (Phi) is 8.20. The molecule has 1 aliphatic heterocycles. The molecular formula is C22H25ClF3N3O3. The second-order valence-electron chi connectivity index (χ2n) is 7.49. The van der Waals surface area contributed by atoms with E-state index in [9.17, 15) is 18.0 Å². The molecule has 2 aromatic rings. The van der Waals surface area contributed by atoms with E-state index in [4.69, 9.17) is 21.1 Å². The molecule has 0 unspecified atom stereocenters. The second-order valence-corrected chi connectivity index (χ2v) is 7.90. The summed E-state index contributed by atoms with van der Waals surface area (Å²) in [5.74, 6) is 0.832. The van der Waals surface area contributed by atoms with Gasteiger partial charge >= 0.3 is 6.18 Å². The number of pyridine rings is 1. The number of carbonyl (C=O) groups is 1. The highest BCUT2D eigenvalue weighted by Gasteiger charge is 2.33. The molecule has 0 saturated carbocycles. The number of ether oxygens (including phenoxy) is 2. The van der Waals surface area contributed by atoms with Crippen LogP contribution in [-0.2, 0) is 22.3 Å². The number of hydrogen-bond acceptors (Lipinski definition) is 5. The molecule has 0 bridgehead atoms. The third-order valence-corrected chi connectivity index (χ3v) is 5.54. The molecule has 1 fully saturated rings. The van der Waals surface area contributed by atoms with Gasteiger partial charge in [-0.15, -0.1) is 0 Å². The van der Waals surface area contributed by atoms with Crippen LogP contribution in [0.15, 0.2) is 36.5 Å². The molecule has 1 N–H and O–H groups in total. The number of amides is 1. The number of nitrogens with one attached hydrogen (secondary N) is 1. The van der Waals surface area contributed by atoms with E-state index in [0.717, 1.165) is 23.6 Å². The van der Waals surface area contributed by atoms with Gasteiger partial charge in [0.1, 0.15) is 18.2 Å². The summed E-state index contributed by atoms with van der Waals surface area (Å²) >= 11 is 6.03. The Morgan fingerprint density at radius 3 is 2.50 bits per heavy atom. The monoisotopic (exact) mass is 471 g/mol. The van der Waals surface area contributed by atoms with Crippen LogP contribution in [0.4, 0.5) is 19.0 Å². The molecule has 0 radical (unpaired) electrons. The van der Waals surface area contributed by atoms with E-state index in [2.05, 4.69) is 10.3 Å². The summed E-state index contributed by atoms with van der Waals surface area (Å²) < 4.78 is 48.8. The van der Waals surface area contributed by atoms with Crippen LogP contribution in [0.25, 0.3) is 0 Å². The van der Waals surface area contributed by atoms with E-state index in [0.29, 0.717) is 51.5 Å². The maximum Gasteiger partial charge on any atom is 0.417 e. The molecule has 0 atom stereocenters. The van der Waals surface area contributed by atoms with E-state index >= 15 is 0 Å². The Labute approximate surface area is 189 Å². The van der Waals surface area contributed by atoms with Crippen LogP contribution < -0.4 is 15.0 Å². The molecular weight excluding hydrogens is 447 g/mol. The van der Waals surface area contributed by atoms with Crippen LogP contribution in [0.5, 0.6) is 5.75 Å². The van der Waals surface area contributed by atoms with Crippen molar-refractivity contribution in [2.24, 2.45) is 5.92 Å². The molecule has 1 aromatic heterocycles. The number of piperidine rings is 1. The smallest absolute Gasteiger partial charge is 0.417 e. The number of halogens is 4. The number of methoxy groups -OCH3 is 1. The quantitative estimate of drug-likeness (QED) is 0.581. The Hall–Kier alpha value is -2.52. The van der Waals surface area contributed by atoms with Gasteiger partial charge in [-0.25, -0.2) is 4.98 Å².